The van der Waals surface area contributed by atoms with Crippen LogP contribution in [0.2, 0.25) is 0 Å². The van der Waals surface area contributed by atoms with Crippen LogP contribution < -0.4 is 14.8 Å². The summed E-state index contributed by atoms with van der Waals surface area (Å²) >= 11 is 0.871. The van der Waals surface area contributed by atoms with Gasteiger partial charge in [-0.05, 0) is 59.8 Å². The second-order valence-electron chi connectivity index (χ2n) is 5.45. The molecule has 27 heavy (non-hydrogen) atoms. The van der Waals surface area contributed by atoms with Gasteiger partial charge in [0.15, 0.2) is 0 Å². The Morgan fingerprint density at radius 3 is 2.00 bits per heavy atom. The number of hydrogen-bond acceptors (Lipinski definition) is 6. The van der Waals surface area contributed by atoms with Gasteiger partial charge < -0.3 is 14.6 Å². The zero-order valence-electron chi connectivity index (χ0n) is 14.0. The lowest BCUT2D eigenvalue weighted by atomic mass is 10.2. The number of nitrogens with one attached hydrogen (secondary N) is 1. The summed E-state index contributed by atoms with van der Waals surface area (Å²) < 4.78 is 11.1. The van der Waals surface area contributed by atoms with Crippen LogP contribution in [0.5, 0.6) is 11.5 Å². The van der Waals surface area contributed by atoms with E-state index in [0.717, 1.165) is 17.3 Å². The Morgan fingerprint density at radius 1 is 0.963 bits per heavy atom. The zero-order valence-corrected chi connectivity index (χ0v) is 14.8. The van der Waals surface area contributed by atoms with Crippen LogP contribution in [0.1, 0.15) is 15.9 Å². The van der Waals surface area contributed by atoms with Crippen molar-refractivity contribution in [3.05, 3.63) is 64.6 Å². The molecule has 3 rings (SSSR count). The predicted molar refractivity (Wildman–Crippen MR) is 99.9 cm³/mol. The van der Waals surface area contributed by atoms with Crippen molar-refractivity contribution < 1.29 is 29.0 Å². The highest BCUT2D eigenvalue weighted by molar-refractivity contribution is 8.18. The maximum atomic E-state index is 11.5. The number of aromatic carboxylic acids is 1. The smallest absolute Gasteiger partial charge is 0.335 e. The molecule has 1 aliphatic rings. The molecule has 1 heterocycles. The summed E-state index contributed by atoms with van der Waals surface area (Å²) in [7, 11) is 0. The lowest BCUT2D eigenvalue weighted by Gasteiger charge is -2.09. The van der Waals surface area contributed by atoms with Gasteiger partial charge in [0.25, 0.3) is 11.1 Å². The van der Waals surface area contributed by atoms with Gasteiger partial charge in [0.2, 0.25) is 0 Å². The molecule has 0 radical (unpaired) electrons. The van der Waals surface area contributed by atoms with Crippen molar-refractivity contribution >= 4 is 35.0 Å². The molecular formula is C19H15NO6S. The minimum absolute atomic E-state index is 0.200. The molecule has 1 saturated heterocycles. The van der Waals surface area contributed by atoms with E-state index in [0.29, 0.717) is 29.6 Å². The fourth-order valence-electron chi connectivity index (χ4n) is 2.25. The lowest BCUT2D eigenvalue weighted by molar-refractivity contribution is -0.115. The summed E-state index contributed by atoms with van der Waals surface area (Å²) in [5.41, 5.74) is 0.982. The first kappa shape index (κ1) is 18.5. The molecule has 8 heteroatoms. The van der Waals surface area contributed by atoms with Crippen LogP contribution in [0.25, 0.3) is 6.08 Å². The molecule has 1 fully saturated rings. The van der Waals surface area contributed by atoms with Gasteiger partial charge in [-0.1, -0.05) is 12.1 Å². The molecule has 0 saturated carbocycles. The number of carbonyl (C=O) groups is 3. The number of thioether (sulfide) groups is 1. The van der Waals surface area contributed by atoms with Crippen molar-refractivity contribution in [2.75, 3.05) is 13.2 Å². The number of rotatable bonds is 7. The summed E-state index contributed by atoms with van der Waals surface area (Å²) in [6, 6.07) is 13.2. The molecule has 0 spiro atoms. The molecule has 2 aromatic rings. The van der Waals surface area contributed by atoms with E-state index in [9.17, 15) is 14.4 Å². The minimum atomic E-state index is -0.984. The average molecular weight is 385 g/mol. The third-order valence-corrected chi connectivity index (χ3v) is 4.35. The van der Waals surface area contributed by atoms with Crippen molar-refractivity contribution in [1.82, 2.24) is 5.32 Å². The van der Waals surface area contributed by atoms with Crippen LogP contribution in [0, 0.1) is 0 Å². The summed E-state index contributed by atoms with van der Waals surface area (Å²) in [6.07, 6.45) is 1.64. The van der Waals surface area contributed by atoms with Gasteiger partial charge in [-0.2, -0.15) is 0 Å². The number of carboxylic acids is 1. The van der Waals surface area contributed by atoms with Gasteiger partial charge in [-0.3, -0.25) is 14.9 Å². The van der Waals surface area contributed by atoms with E-state index in [4.69, 9.17) is 14.6 Å². The maximum Gasteiger partial charge on any atom is 0.335 e. The molecule has 2 aromatic carbocycles. The predicted octanol–water partition coefficient (Wildman–Crippen LogP) is 3.17. The van der Waals surface area contributed by atoms with E-state index in [1.165, 1.54) is 12.1 Å². The van der Waals surface area contributed by atoms with Crippen LogP contribution >= 0.6 is 11.8 Å². The Balaban J connectivity index is 1.46. The summed E-state index contributed by atoms with van der Waals surface area (Å²) in [6.45, 7) is 0.616. The number of carbonyl (C=O) groups excluding carboxylic acids is 2. The Hall–Kier alpha value is -3.26. The van der Waals surface area contributed by atoms with E-state index >= 15 is 0 Å². The fraction of sp³-hybridized carbons (Fsp3) is 0.105. The summed E-state index contributed by atoms with van der Waals surface area (Å²) in [4.78, 5) is 33.8. The maximum absolute atomic E-state index is 11.5. The topological polar surface area (TPSA) is 102 Å². The van der Waals surface area contributed by atoms with Crippen LogP contribution in [0.3, 0.4) is 0 Å². The van der Waals surface area contributed by atoms with Crippen LogP contribution in [0.15, 0.2) is 53.4 Å². The number of hydrogen-bond donors (Lipinski definition) is 2. The number of ether oxygens (including phenoxy) is 2. The number of benzene rings is 2. The summed E-state index contributed by atoms with van der Waals surface area (Å²) in [5.74, 6) is -0.171. The molecule has 1 aliphatic heterocycles. The monoisotopic (exact) mass is 385 g/mol. The Morgan fingerprint density at radius 2 is 1.52 bits per heavy atom. The summed E-state index contributed by atoms with van der Waals surface area (Å²) in [5, 5.41) is 10.7. The quantitative estimate of drug-likeness (QED) is 0.557. The number of imide groups is 1. The van der Waals surface area contributed by atoms with Crippen LogP contribution in [0.4, 0.5) is 4.79 Å². The third kappa shape index (κ3) is 5.11. The standard InChI is InChI=1S/C19H15NO6S/c21-17-16(27-19(24)20-17)11-12-1-5-14(6-2-12)25-9-10-26-15-7-3-13(4-8-15)18(22)23/h1-8,11H,9-10H2,(H,22,23)(H,20,21,24). The van der Waals surface area contributed by atoms with Gasteiger partial charge in [-0.15, -0.1) is 0 Å². The highest BCUT2D eigenvalue weighted by Gasteiger charge is 2.24. The highest BCUT2D eigenvalue weighted by Crippen LogP contribution is 2.26. The van der Waals surface area contributed by atoms with Gasteiger partial charge in [0.1, 0.15) is 24.7 Å². The third-order valence-electron chi connectivity index (χ3n) is 3.54. The van der Waals surface area contributed by atoms with E-state index in [1.807, 2.05) is 0 Å². The molecule has 0 bridgehead atoms. The Kier molecular flexibility index (Phi) is 5.77. The molecule has 138 valence electrons. The molecule has 0 atom stereocenters. The van der Waals surface area contributed by atoms with Gasteiger partial charge in [-0.25, -0.2) is 4.79 Å². The van der Waals surface area contributed by atoms with Gasteiger partial charge in [0, 0.05) is 0 Å². The highest BCUT2D eigenvalue weighted by atomic mass is 32.2. The molecule has 0 aromatic heterocycles. The molecule has 7 nitrogen and oxygen atoms in total. The first-order valence-electron chi connectivity index (χ1n) is 7.95. The largest absolute Gasteiger partial charge is 0.490 e. The minimum Gasteiger partial charge on any atom is -0.490 e. The SMILES string of the molecule is O=C1NC(=O)C(=Cc2ccc(OCCOc3ccc(C(=O)O)cc3)cc2)S1. The average Bonchev–Trinajstić information content (AvgIpc) is 2.97. The van der Waals surface area contributed by atoms with Gasteiger partial charge >= 0.3 is 5.97 Å². The van der Waals surface area contributed by atoms with Crippen molar-refractivity contribution in [2.45, 2.75) is 0 Å². The second kappa shape index (κ2) is 8.41. The molecular weight excluding hydrogens is 370 g/mol. The van der Waals surface area contributed by atoms with Crippen molar-refractivity contribution in [3.63, 3.8) is 0 Å². The van der Waals surface area contributed by atoms with Crippen molar-refractivity contribution in [2.24, 2.45) is 0 Å². The van der Waals surface area contributed by atoms with E-state index in [1.54, 1.807) is 42.5 Å². The second-order valence-corrected chi connectivity index (χ2v) is 6.46. The van der Waals surface area contributed by atoms with E-state index < -0.39 is 5.97 Å². The lowest BCUT2D eigenvalue weighted by Crippen LogP contribution is -2.17. The number of amides is 2. The van der Waals surface area contributed by atoms with Gasteiger partial charge in [0.05, 0.1) is 10.5 Å². The Bertz CT molecular complexity index is 889. The number of carboxylic acid groups (broad SMARTS) is 1. The van der Waals surface area contributed by atoms with E-state index in [-0.39, 0.29) is 16.7 Å². The Labute approximate surface area is 159 Å². The molecule has 2 amide bonds. The normalized spacial score (nSPS) is 14.9. The molecule has 2 N–H and O–H groups in total. The van der Waals surface area contributed by atoms with Crippen molar-refractivity contribution in [3.8, 4) is 11.5 Å². The van der Waals surface area contributed by atoms with Crippen molar-refractivity contribution in [1.29, 1.82) is 0 Å². The van der Waals surface area contributed by atoms with Crippen LogP contribution in [-0.4, -0.2) is 35.4 Å². The van der Waals surface area contributed by atoms with Crippen LogP contribution in [-0.2, 0) is 4.79 Å². The first-order valence-corrected chi connectivity index (χ1v) is 8.77. The first-order chi connectivity index (χ1) is 13.0. The molecule has 0 aliphatic carbocycles. The van der Waals surface area contributed by atoms with E-state index in [2.05, 4.69) is 5.32 Å². The zero-order chi connectivity index (χ0) is 19.2. The molecule has 0 unspecified atom stereocenters. The fourth-order valence-corrected chi connectivity index (χ4v) is 2.93.